The molecule has 1 aliphatic rings. The molecule has 2 aromatic heterocycles. The number of fused-ring (bicyclic) bond motifs is 1. The minimum atomic E-state index is -0.574. The van der Waals surface area contributed by atoms with Crippen molar-refractivity contribution in [3.63, 3.8) is 0 Å². The van der Waals surface area contributed by atoms with Crippen molar-refractivity contribution in [1.82, 2.24) is 19.9 Å². The average molecular weight is 377 g/mol. The summed E-state index contributed by atoms with van der Waals surface area (Å²) >= 11 is 0. The van der Waals surface area contributed by atoms with E-state index in [1.54, 1.807) is 17.3 Å². The van der Waals surface area contributed by atoms with Gasteiger partial charge in [0.25, 0.3) is 5.91 Å². The van der Waals surface area contributed by atoms with Crippen molar-refractivity contribution >= 4 is 22.8 Å². The lowest BCUT2D eigenvalue weighted by Crippen LogP contribution is -2.46. The van der Waals surface area contributed by atoms with Crippen LogP contribution in [0.3, 0.4) is 0 Å². The maximum atomic E-state index is 14.2. The van der Waals surface area contributed by atoms with Crippen LogP contribution >= 0.6 is 0 Å². The number of nitrogens with one attached hydrogen (secondary N) is 1. The predicted molar refractivity (Wildman–Crippen MR) is 106 cm³/mol. The fourth-order valence-corrected chi connectivity index (χ4v) is 3.72. The first kappa shape index (κ1) is 18.0. The summed E-state index contributed by atoms with van der Waals surface area (Å²) in [7, 11) is 2.01. The number of rotatable bonds is 3. The van der Waals surface area contributed by atoms with E-state index in [0.29, 0.717) is 18.7 Å². The highest BCUT2D eigenvalue weighted by Crippen LogP contribution is 2.27. The van der Waals surface area contributed by atoms with Gasteiger partial charge in [-0.3, -0.25) is 4.79 Å². The number of benzene rings is 1. The van der Waals surface area contributed by atoms with Gasteiger partial charge in [-0.05, 0) is 37.1 Å². The molecule has 0 saturated carbocycles. The molecule has 28 heavy (non-hydrogen) atoms. The number of carbonyl (C=O) groups excluding carboxylic acids is 1. The van der Waals surface area contributed by atoms with Gasteiger partial charge in [0.1, 0.15) is 23.6 Å². The maximum absolute atomic E-state index is 14.2. The summed E-state index contributed by atoms with van der Waals surface area (Å²) in [5.41, 5.74) is 1.29. The lowest BCUT2D eigenvalue weighted by atomic mass is 10.0. The van der Waals surface area contributed by atoms with Crippen LogP contribution in [-0.2, 0) is 0 Å². The molecule has 1 saturated heterocycles. The Kier molecular flexibility index (Phi) is 4.70. The number of carbonyl (C=O) groups is 1. The molecule has 3 aromatic rings. The second-order valence-corrected chi connectivity index (χ2v) is 6.91. The highest BCUT2D eigenvalue weighted by atomic mass is 19.1. The van der Waals surface area contributed by atoms with Crippen LogP contribution in [0.2, 0.25) is 0 Å². The van der Waals surface area contributed by atoms with Crippen LogP contribution in [0.4, 0.5) is 10.2 Å². The normalized spacial score (nSPS) is 14.8. The van der Waals surface area contributed by atoms with Gasteiger partial charge >= 0.3 is 0 Å². The summed E-state index contributed by atoms with van der Waals surface area (Å²) in [6.45, 7) is 1.12. The van der Waals surface area contributed by atoms with Gasteiger partial charge in [0, 0.05) is 37.9 Å². The van der Waals surface area contributed by atoms with Gasteiger partial charge in [-0.1, -0.05) is 5.92 Å². The maximum Gasteiger partial charge on any atom is 0.256 e. The first-order valence-electron chi connectivity index (χ1n) is 9.15. The summed E-state index contributed by atoms with van der Waals surface area (Å²) in [6, 6.07) is 6.49. The summed E-state index contributed by atoms with van der Waals surface area (Å²) in [5.74, 6) is 2.37. The van der Waals surface area contributed by atoms with Crippen LogP contribution in [0.5, 0.6) is 0 Å². The zero-order valence-electron chi connectivity index (χ0n) is 15.5. The molecule has 0 aliphatic carbocycles. The molecule has 142 valence electrons. The summed E-state index contributed by atoms with van der Waals surface area (Å²) in [4.78, 5) is 28.3. The number of hydrogen-bond donors (Lipinski definition) is 1. The smallest absolute Gasteiger partial charge is 0.256 e. The molecular weight excluding hydrogens is 357 g/mol. The molecule has 1 fully saturated rings. The number of nitrogens with zero attached hydrogens (tertiary/aromatic N) is 4. The number of aromatic nitrogens is 3. The van der Waals surface area contributed by atoms with Crippen molar-refractivity contribution in [2.24, 2.45) is 0 Å². The average Bonchev–Trinajstić information content (AvgIpc) is 3.21. The summed E-state index contributed by atoms with van der Waals surface area (Å²) < 4.78 is 14.2. The van der Waals surface area contributed by atoms with Gasteiger partial charge in [0.2, 0.25) is 0 Å². The Morgan fingerprint density at radius 1 is 1.32 bits per heavy atom. The van der Waals surface area contributed by atoms with Crippen molar-refractivity contribution in [2.75, 3.05) is 25.0 Å². The number of piperidine rings is 1. The van der Waals surface area contributed by atoms with Crippen LogP contribution in [0.15, 0.2) is 36.8 Å². The lowest BCUT2D eigenvalue weighted by Gasteiger charge is -2.37. The van der Waals surface area contributed by atoms with E-state index >= 15 is 0 Å². The van der Waals surface area contributed by atoms with Crippen molar-refractivity contribution in [1.29, 1.82) is 0 Å². The van der Waals surface area contributed by atoms with Gasteiger partial charge in [0.05, 0.1) is 10.9 Å². The summed E-state index contributed by atoms with van der Waals surface area (Å²) in [5, 5.41) is 0.971. The molecule has 1 N–H and O–H groups in total. The van der Waals surface area contributed by atoms with Crippen LogP contribution in [0.25, 0.3) is 11.0 Å². The number of aromatic amines is 1. The Hall–Kier alpha value is -3.40. The van der Waals surface area contributed by atoms with Crippen molar-refractivity contribution in [3.05, 3.63) is 53.7 Å². The molecule has 0 spiro atoms. The topological polar surface area (TPSA) is 65.1 Å². The van der Waals surface area contributed by atoms with Crippen molar-refractivity contribution < 1.29 is 9.18 Å². The van der Waals surface area contributed by atoms with E-state index in [9.17, 15) is 9.18 Å². The van der Waals surface area contributed by atoms with Crippen LogP contribution in [0, 0.1) is 18.2 Å². The summed E-state index contributed by atoms with van der Waals surface area (Å²) in [6.07, 6.45) is 10.2. The Balaban J connectivity index is 1.45. The fraction of sp³-hybridized carbons (Fsp3) is 0.286. The molecule has 4 rings (SSSR count). The Labute approximate surface area is 162 Å². The molecule has 1 amide bonds. The minimum absolute atomic E-state index is 0.0654. The number of likely N-dealkylation sites (tertiary alicyclic amines) is 1. The van der Waals surface area contributed by atoms with E-state index in [4.69, 9.17) is 6.42 Å². The van der Waals surface area contributed by atoms with Gasteiger partial charge in [-0.15, -0.1) is 6.42 Å². The number of halogens is 1. The fourth-order valence-electron chi connectivity index (χ4n) is 3.72. The number of amides is 1. The Morgan fingerprint density at radius 2 is 2.11 bits per heavy atom. The van der Waals surface area contributed by atoms with E-state index in [1.807, 2.05) is 19.3 Å². The van der Waals surface area contributed by atoms with E-state index in [-0.39, 0.29) is 17.5 Å². The third kappa shape index (κ3) is 3.18. The molecule has 7 heteroatoms. The van der Waals surface area contributed by atoms with Gasteiger partial charge in [-0.25, -0.2) is 14.4 Å². The van der Waals surface area contributed by atoms with Crippen LogP contribution in [0.1, 0.15) is 28.8 Å². The lowest BCUT2D eigenvalue weighted by molar-refractivity contribution is 0.0708. The predicted octanol–water partition coefficient (Wildman–Crippen LogP) is 2.82. The number of anilines is 1. The molecule has 0 unspecified atom stereocenters. The first-order chi connectivity index (χ1) is 13.6. The molecular formula is C21H20FN5O. The standard InChI is InChI=1S/C21H20FN5O/c1-3-14-4-5-16(18(22)12-14)21(28)27-10-7-15(8-11-27)26(2)20-17-6-9-23-19(17)24-13-25-20/h1,4-6,9,12-13,15H,7-8,10-11H2,2H3,(H,23,24,25). The van der Waals surface area contributed by atoms with E-state index in [0.717, 1.165) is 29.7 Å². The second-order valence-electron chi connectivity index (χ2n) is 6.91. The van der Waals surface area contributed by atoms with Crippen molar-refractivity contribution in [2.45, 2.75) is 18.9 Å². The quantitative estimate of drug-likeness (QED) is 0.713. The molecule has 0 radical (unpaired) electrons. The molecule has 0 bridgehead atoms. The molecule has 0 atom stereocenters. The minimum Gasteiger partial charge on any atom is -0.356 e. The molecule has 1 aliphatic heterocycles. The number of hydrogen-bond acceptors (Lipinski definition) is 4. The Bertz CT molecular complexity index is 1060. The Morgan fingerprint density at radius 3 is 2.82 bits per heavy atom. The van der Waals surface area contributed by atoms with Crippen molar-refractivity contribution in [3.8, 4) is 12.3 Å². The number of H-pyrrole nitrogens is 1. The monoisotopic (exact) mass is 377 g/mol. The largest absolute Gasteiger partial charge is 0.356 e. The van der Waals surface area contributed by atoms with E-state index < -0.39 is 5.82 Å². The van der Waals surface area contributed by atoms with Crippen LogP contribution in [-0.4, -0.2) is 51.9 Å². The van der Waals surface area contributed by atoms with Crippen LogP contribution < -0.4 is 4.90 Å². The second kappa shape index (κ2) is 7.31. The van der Waals surface area contributed by atoms with E-state index in [1.165, 1.54) is 12.1 Å². The third-order valence-electron chi connectivity index (χ3n) is 5.33. The third-order valence-corrected chi connectivity index (χ3v) is 5.33. The molecule has 6 nitrogen and oxygen atoms in total. The zero-order valence-corrected chi connectivity index (χ0v) is 15.5. The number of terminal acetylenes is 1. The highest BCUT2D eigenvalue weighted by Gasteiger charge is 2.28. The molecule has 1 aromatic carbocycles. The van der Waals surface area contributed by atoms with E-state index in [2.05, 4.69) is 25.8 Å². The zero-order chi connectivity index (χ0) is 19.7. The van der Waals surface area contributed by atoms with Gasteiger partial charge in [-0.2, -0.15) is 0 Å². The first-order valence-corrected chi connectivity index (χ1v) is 9.15. The molecule has 3 heterocycles. The van der Waals surface area contributed by atoms with Gasteiger partial charge < -0.3 is 14.8 Å². The SMILES string of the molecule is C#Cc1ccc(C(=O)N2CCC(N(C)c3ncnc4[nH]ccc34)CC2)c(F)c1. The van der Waals surface area contributed by atoms with Gasteiger partial charge in [0.15, 0.2) is 0 Å². The highest BCUT2D eigenvalue weighted by molar-refractivity contribution is 5.94.